The van der Waals surface area contributed by atoms with Gasteiger partial charge in [-0.2, -0.15) is 0 Å². The average molecular weight is 199 g/mol. The number of hydrogen-bond acceptors (Lipinski definition) is 3. The predicted octanol–water partition coefficient (Wildman–Crippen LogP) is 3.62. The molecule has 0 N–H and O–H groups in total. The van der Waals surface area contributed by atoms with E-state index >= 15 is 0 Å². The summed E-state index contributed by atoms with van der Waals surface area (Å²) in [7, 11) is 3.65. The second kappa shape index (κ2) is 6.38. The first kappa shape index (κ1) is 9.93. The Morgan fingerprint density at radius 1 is 1.42 bits per heavy atom. The Morgan fingerprint density at radius 3 is 3.00 bits per heavy atom. The molecule has 0 aliphatic carbocycles. The topological polar surface area (TPSA) is 12.9 Å². The van der Waals surface area contributed by atoms with Crippen molar-refractivity contribution in [3.8, 4) is 0 Å². The van der Waals surface area contributed by atoms with Crippen LogP contribution >= 0.6 is 21.6 Å². The van der Waals surface area contributed by atoms with Gasteiger partial charge in [-0.15, -0.1) is 0 Å². The fraction of sp³-hybridized carbons (Fsp3) is 0.444. The fourth-order valence-corrected chi connectivity index (χ4v) is 2.81. The highest BCUT2D eigenvalue weighted by molar-refractivity contribution is 8.76. The molecule has 0 aromatic carbocycles. The van der Waals surface area contributed by atoms with Crippen molar-refractivity contribution in [1.82, 2.24) is 4.98 Å². The monoisotopic (exact) mass is 199 g/mol. The lowest BCUT2D eigenvalue weighted by molar-refractivity contribution is 0.898. The summed E-state index contributed by atoms with van der Waals surface area (Å²) in [6, 6.07) is 6.01. The van der Waals surface area contributed by atoms with E-state index in [1.807, 2.05) is 35.2 Å². The van der Waals surface area contributed by atoms with Gasteiger partial charge >= 0.3 is 0 Å². The summed E-state index contributed by atoms with van der Waals surface area (Å²) in [5.41, 5.74) is 0. The highest BCUT2D eigenvalue weighted by Gasteiger charge is 1.93. The van der Waals surface area contributed by atoms with Crippen LogP contribution in [0.4, 0.5) is 0 Å². The summed E-state index contributed by atoms with van der Waals surface area (Å²) in [5.74, 6) is 1.22. The summed E-state index contributed by atoms with van der Waals surface area (Å²) in [6.07, 6.45) is 4.41. The van der Waals surface area contributed by atoms with E-state index in [1.165, 1.54) is 18.6 Å². The third kappa shape index (κ3) is 4.02. The Hall–Kier alpha value is -0.150. The maximum absolute atomic E-state index is 4.22. The minimum absolute atomic E-state index is 1.11. The Labute approximate surface area is 81.8 Å². The first-order valence-corrected chi connectivity index (χ1v) is 6.46. The molecular formula is C9H13NS2. The van der Waals surface area contributed by atoms with Gasteiger partial charge in [-0.3, -0.25) is 0 Å². The Bertz CT molecular complexity index is 201. The zero-order chi connectivity index (χ0) is 8.65. The summed E-state index contributed by atoms with van der Waals surface area (Å²) in [5, 5.41) is 1.11. The molecule has 0 aliphatic heterocycles. The number of nitrogens with zero attached hydrogens (tertiary/aromatic N) is 1. The minimum atomic E-state index is 1.11. The summed E-state index contributed by atoms with van der Waals surface area (Å²) in [6.45, 7) is 2.21. The molecule has 66 valence electrons. The fourth-order valence-electron chi connectivity index (χ4n) is 0.702. The molecule has 0 saturated carbocycles. The SMILES string of the molecule is CCCCSSc1ccccn1. The quantitative estimate of drug-likeness (QED) is 0.531. The van der Waals surface area contributed by atoms with Gasteiger partial charge in [0.1, 0.15) is 5.03 Å². The van der Waals surface area contributed by atoms with Crippen LogP contribution in [0.5, 0.6) is 0 Å². The maximum Gasteiger partial charge on any atom is 0.106 e. The van der Waals surface area contributed by atoms with Crippen molar-refractivity contribution in [3.05, 3.63) is 24.4 Å². The van der Waals surface area contributed by atoms with Crippen molar-refractivity contribution in [2.45, 2.75) is 24.8 Å². The van der Waals surface area contributed by atoms with Gasteiger partial charge in [0.05, 0.1) is 0 Å². The molecule has 0 aliphatic rings. The second-order valence-corrected chi connectivity index (χ2v) is 4.86. The predicted molar refractivity (Wildman–Crippen MR) is 57.5 cm³/mol. The lowest BCUT2D eigenvalue weighted by Gasteiger charge is -1.97. The van der Waals surface area contributed by atoms with E-state index in [1.54, 1.807) is 10.8 Å². The molecule has 12 heavy (non-hydrogen) atoms. The van der Waals surface area contributed by atoms with Gasteiger partial charge in [-0.25, -0.2) is 4.98 Å². The normalized spacial score (nSPS) is 10.1. The Morgan fingerprint density at radius 2 is 2.33 bits per heavy atom. The van der Waals surface area contributed by atoms with Crippen LogP contribution in [-0.2, 0) is 0 Å². The Kier molecular flexibility index (Phi) is 5.28. The zero-order valence-corrected chi connectivity index (χ0v) is 8.83. The average Bonchev–Trinajstić information content (AvgIpc) is 2.14. The molecule has 0 unspecified atom stereocenters. The van der Waals surface area contributed by atoms with Crippen LogP contribution < -0.4 is 0 Å². The number of pyridine rings is 1. The third-order valence-electron chi connectivity index (χ3n) is 1.36. The molecule has 0 bridgehead atoms. The zero-order valence-electron chi connectivity index (χ0n) is 7.19. The van der Waals surface area contributed by atoms with Crippen LogP contribution in [0.15, 0.2) is 29.4 Å². The van der Waals surface area contributed by atoms with E-state index in [2.05, 4.69) is 11.9 Å². The molecular weight excluding hydrogens is 186 g/mol. The molecule has 0 amide bonds. The molecule has 0 spiro atoms. The number of rotatable bonds is 5. The van der Waals surface area contributed by atoms with E-state index in [9.17, 15) is 0 Å². The third-order valence-corrected chi connectivity index (χ3v) is 3.71. The van der Waals surface area contributed by atoms with E-state index in [4.69, 9.17) is 0 Å². The van der Waals surface area contributed by atoms with Crippen molar-refractivity contribution in [2.75, 3.05) is 5.75 Å². The van der Waals surface area contributed by atoms with Crippen LogP contribution in [0.2, 0.25) is 0 Å². The number of hydrogen-bond donors (Lipinski definition) is 0. The van der Waals surface area contributed by atoms with Crippen LogP contribution in [0.1, 0.15) is 19.8 Å². The molecule has 0 atom stereocenters. The standard InChI is InChI=1S/C9H13NS2/c1-2-3-8-11-12-9-6-4-5-7-10-9/h4-7H,2-3,8H2,1H3. The summed E-state index contributed by atoms with van der Waals surface area (Å²) >= 11 is 0. The van der Waals surface area contributed by atoms with Crippen LogP contribution in [-0.4, -0.2) is 10.7 Å². The lowest BCUT2D eigenvalue weighted by atomic mass is 10.4. The molecule has 1 heterocycles. The highest BCUT2D eigenvalue weighted by Crippen LogP contribution is 2.29. The van der Waals surface area contributed by atoms with Crippen molar-refractivity contribution >= 4 is 21.6 Å². The molecule has 1 rings (SSSR count). The van der Waals surface area contributed by atoms with Gasteiger partial charge in [0.25, 0.3) is 0 Å². The van der Waals surface area contributed by atoms with Crippen LogP contribution in [0.3, 0.4) is 0 Å². The van der Waals surface area contributed by atoms with Crippen molar-refractivity contribution in [1.29, 1.82) is 0 Å². The van der Waals surface area contributed by atoms with Gasteiger partial charge in [0.2, 0.25) is 0 Å². The summed E-state index contributed by atoms with van der Waals surface area (Å²) < 4.78 is 0. The first-order chi connectivity index (χ1) is 5.93. The van der Waals surface area contributed by atoms with Gasteiger partial charge in [-0.05, 0) is 29.3 Å². The van der Waals surface area contributed by atoms with Crippen molar-refractivity contribution in [2.24, 2.45) is 0 Å². The number of aromatic nitrogens is 1. The minimum Gasteiger partial charge on any atom is -0.249 e. The smallest absolute Gasteiger partial charge is 0.106 e. The van der Waals surface area contributed by atoms with Gasteiger partial charge in [0.15, 0.2) is 0 Å². The molecule has 1 aromatic rings. The molecule has 0 fully saturated rings. The molecule has 0 saturated heterocycles. The van der Waals surface area contributed by atoms with E-state index < -0.39 is 0 Å². The Balaban J connectivity index is 2.16. The molecule has 1 aromatic heterocycles. The van der Waals surface area contributed by atoms with Crippen LogP contribution in [0, 0.1) is 0 Å². The van der Waals surface area contributed by atoms with Gasteiger partial charge in [0, 0.05) is 11.9 Å². The molecule has 0 radical (unpaired) electrons. The van der Waals surface area contributed by atoms with Crippen molar-refractivity contribution in [3.63, 3.8) is 0 Å². The van der Waals surface area contributed by atoms with E-state index in [-0.39, 0.29) is 0 Å². The first-order valence-electron chi connectivity index (χ1n) is 4.14. The largest absolute Gasteiger partial charge is 0.249 e. The second-order valence-electron chi connectivity index (χ2n) is 2.43. The van der Waals surface area contributed by atoms with Gasteiger partial charge < -0.3 is 0 Å². The van der Waals surface area contributed by atoms with Gasteiger partial charge in [-0.1, -0.05) is 30.2 Å². The van der Waals surface area contributed by atoms with E-state index in [0.717, 1.165) is 5.03 Å². The lowest BCUT2D eigenvalue weighted by Crippen LogP contribution is -1.76. The molecule has 3 heteroatoms. The maximum atomic E-state index is 4.22. The van der Waals surface area contributed by atoms with Crippen molar-refractivity contribution < 1.29 is 0 Å². The van der Waals surface area contributed by atoms with E-state index in [0.29, 0.717) is 0 Å². The highest BCUT2D eigenvalue weighted by atomic mass is 33.1. The van der Waals surface area contributed by atoms with Crippen LogP contribution in [0.25, 0.3) is 0 Å². The summed E-state index contributed by atoms with van der Waals surface area (Å²) in [4.78, 5) is 4.22. The molecule has 1 nitrogen and oxygen atoms in total. The number of unbranched alkanes of at least 4 members (excludes halogenated alkanes) is 1.